The van der Waals surface area contributed by atoms with Crippen molar-refractivity contribution in [2.75, 3.05) is 5.73 Å². The van der Waals surface area contributed by atoms with Gasteiger partial charge in [-0.3, -0.25) is 10.1 Å². The molecule has 0 atom stereocenters. The van der Waals surface area contributed by atoms with E-state index in [0.717, 1.165) is 21.4 Å². The summed E-state index contributed by atoms with van der Waals surface area (Å²) >= 11 is 4.39. The lowest BCUT2D eigenvalue weighted by Crippen LogP contribution is -1.88. The van der Waals surface area contributed by atoms with Crippen molar-refractivity contribution in [1.29, 1.82) is 0 Å². The first kappa shape index (κ1) is 13.8. The van der Waals surface area contributed by atoms with Gasteiger partial charge in [0.1, 0.15) is 0 Å². The Kier molecular flexibility index (Phi) is 3.48. The quantitative estimate of drug-likeness (QED) is 0.550. The SMILES string of the molecule is Nc1noc(-c2ccc([N+](=O)[O-])s2)c1-c1ccc(Br)cc1. The van der Waals surface area contributed by atoms with Crippen molar-refractivity contribution < 1.29 is 9.45 Å². The van der Waals surface area contributed by atoms with Crippen LogP contribution in [0.2, 0.25) is 0 Å². The average molecular weight is 366 g/mol. The van der Waals surface area contributed by atoms with Crippen LogP contribution in [0.3, 0.4) is 0 Å². The van der Waals surface area contributed by atoms with Crippen LogP contribution >= 0.6 is 27.3 Å². The molecule has 3 aromatic rings. The van der Waals surface area contributed by atoms with E-state index in [1.807, 2.05) is 24.3 Å². The van der Waals surface area contributed by atoms with Crippen molar-refractivity contribution in [3.05, 3.63) is 51.0 Å². The Hall–Kier alpha value is -2.19. The van der Waals surface area contributed by atoms with Crippen LogP contribution in [-0.4, -0.2) is 10.1 Å². The van der Waals surface area contributed by atoms with Crippen molar-refractivity contribution >= 4 is 38.1 Å². The molecule has 106 valence electrons. The Morgan fingerprint density at radius 1 is 1.24 bits per heavy atom. The monoisotopic (exact) mass is 365 g/mol. The fourth-order valence-corrected chi connectivity index (χ4v) is 2.98. The molecular weight excluding hydrogens is 358 g/mol. The highest BCUT2D eigenvalue weighted by atomic mass is 79.9. The van der Waals surface area contributed by atoms with E-state index in [1.165, 1.54) is 6.07 Å². The van der Waals surface area contributed by atoms with E-state index in [2.05, 4.69) is 21.1 Å². The summed E-state index contributed by atoms with van der Waals surface area (Å²) in [7, 11) is 0. The summed E-state index contributed by atoms with van der Waals surface area (Å²) in [6.07, 6.45) is 0. The van der Waals surface area contributed by atoms with Crippen LogP contribution < -0.4 is 5.73 Å². The zero-order valence-corrected chi connectivity index (χ0v) is 12.8. The lowest BCUT2D eigenvalue weighted by Gasteiger charge is -2.01. The fourth-order valence-electron chi connectivity index (χ4n) is 1.91. The minimum absolute atomic E-state index is 0.0433. The van der Waals surface area contributed by atoms with Gasteiger partial charge >= 0.3 is 5.00 Å². The molecule has 0 amide bonds. The van der Waals surface area contributed by atoms with E-state index < -0.39 is 4.92 Å². The second kappa shape index (κ2) is 5.30. The summed E-state index contributed by atoms with van der Waals surface area (Å²) in [5.74, 6) is 0.691. The van der Waals surface area contributed by atoms with Crippen molar-refractivity contribution in [3.8, 4) is 21.8 Å². The molecule has 2 aromatic heterocycles. The predicted molar refractivity (Wildman–Crippen MR) is 84.0 cm³/mol. The van der Waals surface area contributed by atoms with Crippen molar-refractivity contribution in [2.45, 2.75) is 0 Å². The third-order valence-corrected chi connectivity index (χ3v) is 4.41. The minimum Gasteiger partial charge on any atom is -0.380 e. The molecule has 2 N–H and O–H groups in total. The molecule has 0 saturated carbocycles. The van der Waals surface area contributed by atoms with Crippen LogP contribution in [-0.2, 0) is 0 Å². The number of nitrogens with two attached hydrogens (primary N) is 1. The van der Waals surface area contributed by atoms with Crippen LogP contribution in [0.15, 0.2) is 45.4 Å². The number of nitrogen functional groups attached to an aromatic ring is 1. The molecule has 0 aliphatic rings. The molecular formula is C13H8BrN3O3S. The van der Waals surface area contributed by atoms with Gasteiger partial charge in [0, 0.05) is 10.5 Å². The Morgan fingerprint density at radius 3 is 2.57 bits per heavy atom. The number of nitrogens with zero attached hydrogens (tertiary/aromatic N) is 2. The van der Waals surface area contributed by atoms with Gasteiger partial charge in [-0.2, -0.15) is 0 Å². The van der Waals surface area contributed by atoms with E-state index in [9.17, 15) is 10.1 Å². The Bertz CT molecular complexity index is 810. The largest absolute Gasteiger partial charge is 0.380 e. The molecule has 1 aromatic carbocycles. The van der Waals surface area contributed by atoms with E-state index in [4.69, 9.17) is 10.3 Å². The average Bonchev–Trinajstić information content (AvgIpc) is 3.06. The normalized spacial score (nSPS) is 10.7. The molecule has 0 unspecified atom stereocenters. The molecule has 0 spiro atoms. The lowest BCUT2D eigenvalue weighted by atomic mass is 10.1. The molecule has 3 rings (SSSR count). The van der Waals surface area contributed by atoms with Gasteiger partial charge in [-0.25, -0.2) is 0 Å². The first-order chi connectivity index (χ1) is 10.1. The van der Waals surface area contributed by atoms with Crippen LogP contribution in [0.1, 0.15) is 0 Å². The second-order valence-corrected chi connectivity index (χ2v) is 6.15. The molecule has 2 heterocycles. The summed E-state index contributed by atoms with van der Waals surface area (Å²) in [5.41, 5.74) is 7.34. The number of hydrogen-bond acceptors (Lipinski definition) is 6. The van der Waals surface area contributed by atoms with Gasteiger partial charge in [-0.15, -0.1) is 0 Å². The van der Waals surface area contributed by atoms with Gasteiger partial charge in [0.2, 0.25) is 0 Å². The number of rotatable bonds is 3. The summed E-state index contributed by atoms with van der Waals surface area (Å²) < 4.78 is 6.20. The standard InChI is InChI=1S/C13H8BrN3O3S/c14-8-3-1-7(2-4-8)11-12(20-16-13(11)15)9-5-6-10(21-9)17(18)19/h1-6H,(H2,15,16). The van der Waals surface area contributed by atoms with Crippen LogP contribution in [0.25, 0.3) is 21.8 Å². The molecule has 0 bridgehead atoms. The number of anilines is 1. The zero-order chi connectivity index (χ0) is 15.0. The maximum absolute atomic E-state index is 10.8. The molecule has 21 heavy (non-hydrogen) atoms. The molecule has 0 fully saturated rings. The van der Waals surface area contributed by atoms with Gasteiger partial charge in [-0.05, 0) is 23.8 Å². The highest BCUT2D eigenvalue weighted by molar-refractivity contribution is 9.10. The van der Waals surface area contributed by atoms with Crippen molar-refractivity contribution in [1.82, 2.24) is 5.16 Å². The smallest absolute Gasteiger partial charge is 0.324 e. The van der Waals surface area contributed by atoms with E-state index in [1.54, 1.807) is 6.07 Å². The molecule has 6 nitrogen and oxygen atoms in total. The van der Waals surface area contributed by atoms with Gasteiger partial charge < -0.3 is 10.3 Å². The van der Waals surface area contributed by atoms with Gasteiger partial charge in [0.25, 0.3) is 0 Å². The topological polar surface area (TPSA) is 95.2 Å². The number of aromatic nitrogens is 1. The fraction of sp³-hybridized carbons (Fsp3) is 0. The third kappa shape index (κ3) is 2.55. The molecule has 0 aliphatic carbocycles. The summed E-state index contributed by atoms with van der Waals surface area (Å²) in [6.45, 7) is 0. The Labute approximate surface area is 131 Å². The summed E-state index contributed by atoms with van der Waals surface area (Å²) in [4.78, 5) is 11.0. The lowest BCUT2D eigenvalue weighted by molar-refractivity contribution is -0.380. The summed E-state index contributed by atoms with van der Waals surface area (Å²) in [5, 5.41) is 14.6. The van der Waals surface area contributed by atoms with Crippen LogP contribution in [0.4, 0.5) is 10.8 Å². The minimum atomic E-state index is -0.437. The first-order valence-corrected chi connectivity index (χ1v) is 7.43. The van der Waals surface area contributed by atoms with Crippen molar-refractivity contribution in [2.24, 2.45) is 0 Å². The maximum Gasteiger partial charge on any atom is 0.324 e. The number of halogens is 1. The number of hydrogen-bond donors (Lipinski definition) is 1. The van der Waals surface area contributed by atoms with E-state index in [0.29, 0.717) is 16.2 Å². The number of nitro groups is 1. The molecule has 0 aliphatic heterocycles. The van der Waals surface area contributed by atoms with Gasteiger partial charge in [0.15, 0.2) is 11.6 Å². The third-order valence-electron chi connectivity index (χ3n) is 2.85. The van der Waals surface area contributed by atoms with E-state index >= 15 is 0 Å². The van der Waals surface area contributed by atoms with Gasteiger partial charge in [0.05, 0.1) is 15.4 Å². The van der Waals surface area contributed by atoms with Gasteiger partial charge in [-0.1, -0.05) is 44.6 Å². The molecule has 0 saturated heterocycles. The predicted octanol–water partition coefficient (Wildman–Crippen LogP) is 4.32. The van der Waals surface area contributed by atoms with Crippen LogP contribution in [0.5, 0.6) is 0 Å². The second-order valence-electron chi connectivity index (χ2n) is 4.17. The Morgan fingerprint density at radius 2 is 1.95 bits per heavy atom. The Balaban J connectivity index is 2.11. The highest BCUT2D eigenvalue weighted by Crippen LogP contribution is 2.41. The molecule has 0 radical (unpaired) electrons. The summed E-state index contributed by atoms with van der Waals surface area (Å²) in [6, 6.07) is 10.6. The van der Waals surface area contributed by atoms with Crippen molar-refractivity contribution in [3.63, 3.8) is 0 Å². The highest BCUT2D eigenvalue weighted by Gasteiger charge is 2.21. The van der Waals surface area contributed by atoms with Crippen LogP contribution in [0, 0.1) is 10.1 Å². The molecule has 8 heteroatoms. The first-order valence-electron chi connectivity index (χ1n) is 5.82. The van der Waals surface area contributed by atoms with E-state index in [-0.39, 0.29) is 10.8 Å². The maximum atomic E-state index is 10.8. The number of thiophene rings is 1. The zero-order valence-electron chi connectivity index (χ0n) is 10.4. The number of benzene rings is 1.